The zero-order valence-corrected chi connectivity index (χ0v) is 15.6. The highest BCUT2D eigenvalue weighted by molar-refractivity contribution is 7.22. The molecule has 0 fully saturated rings. The molecular formula is C21H13ClN4S. The Morgan fingerprint density at radius 1 is 0.889 bits per heavy atom. The summed E-state index contributed by atoms with van der Waals surface area (Å²) in [6.07, 6.45) is 1.79. The lowest BCUT2D eigenvalue weighted by atomic mass is 10.1. The molecule has 6 heteroatoms. The van der Waals surface area contributed by atoms with Gasteiger partial charge in [-0.15, -0.1) is 11.3 Å². The molecule has 5 aromatic rings. The van der Waals surface area contributed by atoms with E-state index in [0.717, 1.165) is 37.2 Å². The number of thiophene rings is 1. The second kappa shape index (κ2) is 6.61. The number of pyridine rings is 1. The van der Waals surface area contributed by atoms with Gasteiger partial charge >= 0.3 is 0 Å². The Morgan fingerprint density at radius 3 is 2.63 bits per heavy atom. The summed E-state index contributed by atoms with van der Waals surface area (Å²) >= 11 is 7.79. The molecule has 0 saturated carbocycles. The standard InChI is InChI=1S/C21H13ClN4S/c22-21-25-19(24-16-10-4-8-14-9-5-11-23-18(14)16)15-12-17(27-20(15)26-21)13-6-2-1-3-7-13/h1-12H,(H,24,25,26). The van der Waals surface area contributed by atoms with Gasteiger partial charge in [-0.05, 0) is 35.4 Å². The number of fused-ring (bicyclic) bond motifs is 2. The van der Waals surface area contributed by atoms with Gasteiger partial charge in [0.1, 0.15) is 10.6 Å². The summed E-state index contributed by atoms with van der Waals surface area (Å²) in [5.41, 5.74) is 2.92. The number of hydrogen-bond acceptors (Lipinski definition) is 5. The van der Waals surface area contributed by atoms with Crippen LogP contribution in [-0.4, -0.2) is 15.0 Å². The number of anilines is 2. The number of para-hydroxylation sites is 1. The Bertz CT molecular complexity index is 1260. The lowest BCUT2D eigenvalue weighted by Gasteiger charge is -2.09. The van der Waals surface area contributed by atoms with Gasteiger partial charge in [0.05, 0.1) is 16.6 Å². The third-order valence-corrected chi connectivity index (χ3v) is 5.56. The number of hydrogen-bond donors (Lipinski definition) is 1. The summed E-state index contributed by atoms with van der Waals surface area (Å²) in [5.74, 6) is 0.682. The normalized spacial score (nSPS) is 11.1. The first kappa shape index (κ1) is 16.2. The summed E-state index contributed by atoms with van der Waals surface area (Å²) in [6.45, 7) is 0. The number of nitrogens with zero attached hydrogens (tertiary/aromatic N) is 3. The maximum atomic E-state index is 6.19. The predicted octanol–water partition coefficient (Wildman–Crippen LogP) is 6.30. The zero-order valence-electron chi connectivity index (χ0n) is 14.1. The van der Waals surface area contributed by atoms with Crippen molar-refractivity contribution in [1.29, 1.82) is 0 Å². The Labute approximate surface area is 164 Å². The van der Waals surface area contributed by atoms with Crippen LogP contribution in [0.25, 0.3) is 31.6 Å². The van der Waals surface area contributed by atoms with Crippen molar-refractivity contribution in [2.75, 3.05) is 5.32 Å². The average molecular weight is 389 g/mol. The molecule has 5 rings (SSSR count). The fourth-order valence-electron chi connectivity index (χ4n) is 3.07. The van der Waals surface area contributed by atoms with E-state index in [2.05, 4.69) is 38.5 Å². The van der Waals surface area contributed by atoms with Crippen LogP contribution in [0.2, 0.25) is 5.28 Å². The fourth-order valence-corrected chi connectivity index (χ4v) is 4.32. The minimum Gasteiger partial charge on any atom is -0.338 e. The van der Waals surface area contributed by atoms with Gasteiger partial charge in [0, 0.05) is 16.5 Å². The molecular weight excluding hydrogens is 376 g/mol. The van der Waals surface area contributed by atoms with Crippen LogP contribution in [0, 0.1) is 0 Å². The maximum absolute atomic E-state index is 6.19. The summed E-state index contributed by atoms with van der Waals surface area (Å²) in [4.78, 5) is 15.3. The molecule has 4 nitrogen and oxygen atoms in total. The number of nitrogens with one attached hydrogen (secondary N) is 1. The van der Waals surface area contributed by atoms with E-state index in [-0.39, 0.29) is 5.28 Å². The molecule has 0 amide bonds. The summed E-state index contributed by atoms with van der Waals surface area (Å²) < 4.78 is 0. The van der Waals surface area contributed by atoms with Crippen LogP contribution in [0.5, 0.6) is 0 Å². The first-order valence-corrected chi connectivity index (χ1v) is 9.61. The van der Waals surface area contributed by atoms with Gasteiger partial charge in [-0.2, -0.15) is 4.98 Å². The van der Waals surface area contributed by atoms with Crippen LogP contribution in [0.15, 0.2) is 72.9 Å². The third-order valence-electron chi connectivity index (χ3n) is 4.31. The minimum absolute atomic E-state index is 0.222. The summed E-state index contributed by atoms with van der Waals surface area (Å²) in [7, 11) is 0. The number of benzene rings is 2. The van der Waals surface area contributed by atoms with Gasteiger partial charge in [0.2, 0.25) is 5.28 Å². The van der Waals surface area contributed by atoms with Crippen LogP contribution < -0.4 is 5.32 Å². The van der Waals surface area contributed by atoms with Crippen LogP contribution >= 0.6 is 22.9 Å². The maximum Gasteiger partial charge on any atom is 0.225 e. The van der Waals surface area contributed by atoms with Crippen LogP contribution in [0.3, 0.4) is 0 Å². The van der Waals surface area contributed by atoms with E-state index in [9.17, 15) is 0 Å². The van der Waals surface area contributed by atoms with Crippen molar-refractivity contribution in [3.63, 3.8) is 0 Å². The predicted molar refractivity (Wildman–Crippen MR) is 113 cm³/mol. The largest absolute Gasteiger partial charge is 0.338 e. The molecule has 0 atom stereocenters. The topological polar surface area (TPSA) is 50.7 Å². The minimum atomic E-state index is 0.222. The van der Waals surface area contributed by atoms with Crippen LogP contribution in [0.4, 0.5) is 11.5 Å². The van der Waals surface area contributed by atoms with Gasteiger partial charge in [-0.3, -0.25) is 4.98 Å². The Kier molecular flexibility index (Phi) is 3.96. The van der Waals surface area contributed by atoms with E-state index in [4.69, 9.17) is 11.6 Å². The quantitative estimate of drug-likeness (QED) is 0.368. The number of aromatic nitrogens is 3. The van der Waals surface area contributed by atoms with Crippen molar-refractivity contribution in [3.05, 3.63) is 78.2 Å². The first-order valence-electron chi connectivity index (χ1n) is 8.41. The third kappa shape index (κ3) is 3.01. The van der Waals surface area contributed by atoms with E-state index in [1.54, 1.807) is 17.5 Å². The molecule has 0 spiro atoms. The first-order chi connectivity index (χ1) is 13.3. The molecule has 0 aliphatic heterocycles. The lowest BCUT2D eigenvalue weighted by Crippen LogP contribution is -1.97. The molecule has 0 bridgehead atoms. The molecule has 2 aromatic carbocycles. The second-order valence-electron chi connectivity index (χ2n) is 6.04. The van der Waals surface area contributed by atoms with E-state index in [1.807, 2.05) is 48.5 Å². The van der Waals surface area contributed by atoms with Gasteiger partial charge in [0.25, 0.3) is 0 Å². The Hall–Kier alpha value is -3.02. The van der Waals surface area contributed by atoms with Gasteiger partial charge in [-0.1, -0.05) is 48.5 Å². The molecule has 27 heavy (non-hydrogen) atoms. The molecule has 3 aromatic heterocycles. The van der Waals surface area contributed by atoms with E-state index in [1.165, 1.54) is 0 Å². The monoisotopic (exact) mass is 388 g/mol. The highest BCUT2D eigenvalue weighted by atomic mass is 35.5. The van der Waals surface area contributed by atoms with Crippen molar-refractivity contribution in [3.8, 4) is 10.4 Å². The average Bonchev–Trinajstić information content (AvgIpc) is 3.13. The van der Waals surface area contributed by atoms with Crippen molar-refractivity contribution in [2.45, 2.75) is 0 Å². The summed E-state index contributed by atoms with van der Waals surface area (Å²) in [6, 6.07) is 22.3. The lowest BCUT2D eigenvalue weighted by molar-refractivity contribution is 1.23. The van der Waals surface area contributed by atoms with Crippen molar-refractivity contribution in [2.24, 2.45) is 0 Å². The van der Waals surface area contributed by atoms with Gasteiger partial charge in [0.15, 0.2) is 0 Å². The molecule has 0 unspecified atom stereocenters. The Balaban J connectivity index is 1.65. The van der Waals surface area contributed by atoms with E-state index >= 15 is 0 Å². The molecule has 0 radical (unpaired) electrons. The van der Waals surface area contributed by atoms with Crippen LogP contribution in [0.1, 0.15) is 0 Å². The molecule has 0 aliphatic rings. The van der Waals surface area contributed by atoms with Gasteiger partial charge in [-0.25, -0.2) is 4.98 Å². The summed E-state index contributed by atoms with van der Waals surface area (Å²) in [5, 5.41) is 5.63. The van der Waals surface area contributed by atoms with Crippen LogP contribution in [-0.2, 0) is 0 Å². The van der Waals surface area contributed by atoms with Crippen molar-refractivity contribution < 1.29 is 0 Å². The highest BCUT2D eigenvalue weighted by Gasteiger charge is 2.13. The highest BCUT2D eigenvalue weighted by Crippen LogP contribution is 2.37. The van der Waals surface area contributed by atoms with Crippen molar-refractivity contribution in [1.82, 2.24) is 15.0 Å². The second-order valence-corrected chi connectivity index (χ2v) is 7.41. The fraction of sp³-hybridized carbons (Fsp3) is 0. The van der Waals surface area contributed by atoms with E-state index in [0.29, 0.717) is 5.82 Å². The number of rotatable bonds is 3. The molecule has 3 heterocycles. The van der Waals surface area contributed by atoms with Crippen molar-refractivity contribution >= 4 is 55.6 Å². The molecule has 0 saturated heterocycles. The molecule has 130 valence electrons. The SMILES string of the molecule is Clc1nc(Nc2cccc3cccnc23)c2cc(-c3ccccc3)sc2n1. The smallest absolute Gasteiger partial charge is 0.225 e. The van der Waals surface area contributed by atoms with E-state index < -0.39 is 0 Å². The number of halogens is 1. The molecule has 1 N–H and O–H groups in total. The molecule has 0 aliphatic carbocycles. The van der Waals surface area contributed by atoms with Gasteiger partial charge < -0.3 is 5.32 Å². The zero-order chi connectivity index (χ0) is 18.2. The Morgan fingerprint density at radius 2 is 1.74 bits per heavy atom.